The molecule has 0 fully saturated rings. The third-order valence-electron chi connectivity index (χ3n) is 3.03. The Morgan fingerprint density at radius 3 is 2.18 bits per heavy atom. The molecule has 0 aromatic heterocycles. The topological polar surface area (TPSA) is 63.6 Å². The number of hydrogen-bond donors (Lipinski definition) is 1. The summed E-state index contributed by atoms with van der Waals surface area (Å²) in [6, 6.07) is 6.45. The molecule has 1 rings (SSSR count). The van der Waals surface area contributed by atoms with Gasteiger partial charge in [-0.15, -0.1) is 0 Å². The van der Waals surface area contributed by atoms with Gasteiger partial charge in [0.2, 0.25) is 0 Å². The molecule has 0 spiro atoms. The molecule has 1 unspecified atom stereocenters. The normalized spacial score (nSPS) is 13.8. The second kappa shape index (κ2) is 4.99. The zero-order valence-corrected chi connectivity index (χ0v) is 10.2. The number of rotatable bonds is 5. The molecular formula is C13H16O4. The number of ketones is 1. The summed E-state index contributed by atoms with van der Waals surface area (Å²) in [6.45, 7) is 3.14. The highest BCUT2D eigenvalue weighted by Gasteiger charge is 2.39. The molecule has 1 aromatic rings. The number of aliphatic carboxylic acids is 1. The first-order chi connectivity index (χ1) is 7.95. The number of carboxylic acid groups (broad SMARTS) is 1. The molecule has 1 aromatic carbocycles. The van der Waals surface area contributed by atoms with E-state index in [1.165, 1.54) is 14.0 Å². The van der Waals surface area contributed by atoms with Crippen LogP contribution in [0.5, 0.6) is 5.75 Å². The summed E-state index contributed by atoms with van der Waals surface area (Å²) >= 11 is 0. The zero-order chi connectivity index (χ0) is 13.1. The SMILES string of the molecule is CCC(C)(C(=O)O)C(=O)c1ccc(OC)cc1. The Morgan fingerprint density at radius 2 is 1.82 bits per heavy atom. The number of methoxy groups -OCH3 is 1. The van der Waals surface area contributed by atoms with E-state index in [-0.39, 0.29) is 12.2 Å². The molecule has 0 radical (unpaired) electrons. The van der Waals surface area contributed by atoms with Crippen molar-refractivity contribution in [2.75, 3.05) is 7.11 Å². The molecule has 4 heteroatoms. The Bertz CT molecular complexity index is 422. The fraction of sp³-hybridized carbons (Fsp3) is 0.385. The van der Waals surface area contributed by atoms with Crippen molar-refractivity contribution in [1.82, 2.24) is 0 Å². The van der Waals surface area contributed by atoms with Crippen LogP contribution in [0.1, 0.15) is 30.6 Å². The van der Waals surface area contributed by atoms with E-state index in [2.05, 4.69) is 0 Å². The number of carbonyl (C=O) groups is 2. The smallest absolute Gasteiger partial charge is 0.317 e. The minimum atomic E-state index is -1.37. The van der Waals surface area contributed by atoms with Crippen LogP contribution in [0.15, 0.2) is 24.3 Å². The summed E-state index contributed by atoms with van der Waals surface area (Å²) < 4.78 is 4.98. The average molecular weight is 236 g/mol. The van der Waals surface area contributed by atoms with E-state index in [1.54, 1.807) is 31.2 Å². The molecule has 0 bridgehead atoms. The maximum atomic E-state index is 12.1. The Morgan fingerprint density at radius 1 is 1.29 bits per heavy atom. The highest BCUT2D eigenvalue weighted by Crippen LogP contribution is 2.27. The fourth-order valence-electron chi connectivity index (χ4n) is 1.47. The molecule has 0 aliphatic carbocycles. The van der Waals surface area contributed by atoms with Crippen LogP contribution < -0.4 is 4.74 Å². The Kier molecular flexibility index (Phi) is 3.89. The van der Waals surface area contributed by atoms with Crippen LogP contribution in [0.3, 0.4) is 0 Å². The van der Waals surface area contributed by atoms with Crippen LogP contribution in [-0.4, -0.2) is 24.0 Å². The van der Waals surface area contributed by atoms with Crippen LogP contribution in [-0.2, 0) is 4.79 Å². The Hall–Kier alpha value is -1.84. The molecule has 1 atom stereocenters. The molecule has 0 aliphatic heterocycles. The van der Waals surface area contributed by atoms with E-state index in [4.69, 9.17) is 9.84 Å². The lowest BCUT2D eigenvalue weighted by Gasteiger charge is -2.21. The van der Waals surface area contributed by atoms with Crippen LogP contribution in [0, 0.1) is 5.41 Å². The second-order valence-corrected chi connectivity index (χ2v) is 4.05. The maximum absolute atomic E-state index is 12.1. The molecule has 0 amide bonds. The molecular weight excluding hydrogens is 220 g/mol. The van der Waals surface area contributed by atoms with Crippen molar-refractivity contribution >= 4 is 11.8 Å². The van der Waals surface area contributed by atoms with Crippen molar-refractivity contribution in [1.29, 1.82) is 0 Å². The first kappa shape index (κ1) is 13.2. The molecule has 0 heterocycles. The molecule has 0 saturated carbocycles. The highest BCUT2D eigenvalue weighted by atomic mass is 16.5. The fourth-order valence-corrected chi connectivity index (χ4v) is 1.47. The third kappa shape index (κ3) is 2.46. The third-order valence-corrected chi connectivity index (χ3v) is 3.03. The van der Waals surface area contributed by atoms with Crippen LogP contribution in [0.4, 0.5) is 0 Å². The van der Waals surface area contributed by atoms with Gasteiger partial charge in [0, 0.05) is 5.56 Å². The van der Waals surface area contributed by atoms with Gasteiger partial charge in [-0.1, -0.05) is 6.92 Å². The zero-order valence-electron chi connectivity index (χ0n) is 10.2. The molecule has 4 nitrogen and oxygen atoms in total. The minimum Gasteiger partial charge on any atom is -0.497 e. The van der Waals surface area contributed by atoms with Crippen LogP contribution in [0.2, 0.25) is 0 Å². The predicted molar refractivity (Wildman–Crippen MR) is 63.4 cm³/mol. The molecule has 1 N–H and O–H groups in total. The second-order valence-electron chi connectivity index (χ2n) is 4.05. The molecule has 92 valence electrons. The summed E-state index contributed by atoms with van der Waals surface area (Å²) in [7, 11) is 1.53. The largest absolute Gasteiger partial charge is 0.497 e. The van der Waals surface area contributed by atoms with E-state index >= 15 is 0 Å². The predicted octanol–water partition coefficient (Wildman–Crippen LogP) is 2.38. The lowest BCUT2D eigenvalue weighted by atomic mass is 9.80. The molecule has 0 saturated heterocycles. The van der Waals surface area contributed by atoms with Gasteiger partial charge < -0.3 is 9.84 Å². The number of benzene rings is 1. The minimum absolute atomic E-state index is 0.257. The summed E-state index contributed by atoms with van der Waals surface area (Å²) in [5, 5.41) is 9.12. The molecule has 0 aliphatic rings. The van der Waals surface area contributed by atoms with Crippen LogP contribution in [0.25, 0.3) is 0 Å². The average Bonchev–Trinajstić information content (AvgIpc) is 2.36. The van der Waals surface area contributed by atoms with Gasteiger partial charge in [0.1, 0.15) is 11.2 Å². The lowest BCUT2D eigenvalue weighted by Crippen LogP contribution is -2.35. The van der Waals surface area contributed by atoms with Gasteiger partial charge in [-0.05, 0) is 37.6 Å². The number of carboxylic acids is 1. The van der Waals surface area contributed by atoms with E-state index < -0.39 is 11.4 Å². The highest BCUT2D eigenvalue weighted by molar-refractivity contribution is 6.11. The van der Waals surface area contributed by atoms with Gasteiger partial charge in [-0.2, -0.15) is 0 Å². The first-order valence-electron chi connectivity index (χ1n) is 5.38. The Balaban J connectivity index is 3.06. The van der Waals surface area contributed by atoms with Crippen molar-refractivity contribution in [2.24, 2.45) is 5.41 Å². The van der Waals surface area contributed by atoms with Gasteiger partial charge in [0.15, 0.2) is 5.78 Å². The Labute approximate surface area is 100 Å². The van der Waals surface area contributed by atoms with Gasteiger partial charge in [0.25, 0.3) is 0 Å². The van der Waals surface area contributed by atoms with Gasteiger partial charge in [-0.25, -0.2) is 0 Å². The van der Waals surface area contributed by atoms with Crippen molar-refractivity contribution in [3.8, 4) is 5.75 Å². The monoisotopic (exact) mass is 236 g/mol. The van der Waals surface area contributed by atoms with Gasteiger partial charge in [0.05, 0.1) is 7.11 Å². The van der Waals surface area contributed by atoms with Crippen molar-refractivity contribution < 1.29 is 19.4 Å². The van der Waals surface area contributed by atoms with E-state index in [1.807, 2.05) is 0 Å². The quantitative estimate of drug-likeness (QED) is 0.629. The van der Waals surface area contributed by atoms with Gasteiger partial charge >= 0.3 is 5.97 Å². The standard InChI is InChI=1S/C13H16O4/c1-4-13(2,12(15)16)11(14)9-5-7-10(17-3)8-6-9/h5-8H,4H2,1-3H3,(H,15,16). The first-order valence-corrected chi connectivity index (χ1v) is 5.38. The summed E-state index contributed by atoms with van der Waals surface area (Å²) in [6.07, 6.45) is 0.257. The van der Waals surface area contributed by atoms with Crippen LogP contribution >= 0.6 is 0 Å². The van der Waals surface area contributed by atoms with Crippen molar-refractivity contribution in [3.05, 3.63) is 29.8 Å². The number of hydrogen-bond acceptors (Lipinski definition) is 3. The summed E-state index contributed by atoms with van der Waals surface area (Å²) in [5.74, 6) is -0.842. The van der Waals surface area contributed by atoms with Crippen molar-refractivity contribution in [3.63, 3.8) is 0 Å². The van der Waals surface area contributed by atoms with E-state index in [9.17, 15) is 9.59 Å². The lowest BCUT2D eigenvalue weighted by molar-refractivity contribution is -0.145. The summed E-state index contributed by atoms with van der Waals surface area (Å²) in [5.41, 5.74) is -0.980. The molecule has 17 heavy (non-hydrogen) atoms. The van der Waals surface area contributed by atoms with Crippen molar-refractivity contribution in [2.45, 2.75) is 20.3 Å². The maximum Gasteiger partial charge on any atom is 0.317 e. The van der Waals surface area contributed by atoms with E-state index in [0.717, 1.165) is 0 Å². The number of ether oxygens (including phenoxy) is 1. The number of carbonyl (C=O) groups excluding carboxylic acids is 1. The van der Waals surface area contributed by atoms with E-state index in [0.29, 0.717) is 11.3 Å². The number of Topliss-reactive ketones (excluding diaryl/α,β-unsaturated/α-hetero) is 1. The summed E-state index contributed by atoms with van der Waals surface area (Å²) in [4.78, 5) is 23.3. The van der Waals surface area contributed by atoms with Gasteiger partial charge in [-0.3, -0.25) is 9.59 Å².